The number of halogens is 5. The third kappa shape index (κ3) is 2.94. The number of alkyl halides is 3. The molecule has 1 aromatic carbocycles. The molecule has 0 atom stereocenters. The van der Waals surface area contributed by atoms with Crippen molar-refractivity contribution in [3.05, 3.63) is 59.7 Å². The Balaban J connectivity index is 1.93. The van der Waals surface area contributed by atoms with Gasteiger partial charge in [-0.05, 0) is 12.1 Å². The fourth-order valence-electron chi connectivity index (χ4n) is 2.05. The average molecular weight is 328 g/mol. The third-order valence-corrected chi connectivity index (χ3v) is 3.16. The van der Waals surface area contributed by atoms with E-state index in [-0.39, 0.29) is 23.6 Å². The van der Waals surface area contributed by atoms with Gasteiger partial charge in [0.2, 0.25) is 0 Å². The minimum atomic E-state index is -4.60. The van der Waals surface area contributed by atoms with Crippen LogP contribution < -0.4 is 5.32 Å². The number of fused-ring (bicyclic) bond motifs is 1. The number of nitrogens with one attached hydrogen (secondary N) is 1. The first-order chi connectivity index (χ1) is 10.9. The number of imidazole rings is 1. The summed E-state index contributed by atoms with van der Waals surface area (Å²) < 4.78 is 66.3. The largest absolute Gasteiger partial charge is 0.434 e. The van der Waals surface area contributed by atoms with Crippen LogP contribution in [0.25, 0.3) is 5.65 Å². The summed E-state index contributed by atoms with van der Waals surface area (Å²) in [5, 5.41) is 2.61. The molecule has 0 unspecified atom stereocenters. The standard InChI is InChI=1S/C14H9F5N4/c15-9-2-1-3-10(16)8(9)6-21-12-13-22-11(14(17,18)19)7-23(13)5-4-20-12/h1-5,7H,6H2,(H,20,21). The molecule has 0 aliphatic rings. The molecule has 2 heterocycles. The van der Waals surface area contributed by atoms with Crippen LogP contribution in [0.2, 0.25) is 0 Å². The van der Waals surface area contributed by atoms with Crippen LogP contribution in [0, 0.1) is 11.6 Å². The molecule has 2 aromatic heterocycles. The van der Waals surface area contributed by atoms with Gasteiger partial charge in [0.05, 0.1) is 0 Å². The summed E-state index contributed by atoms with van der Waals surface area (Å²) >= 11 is 0. The van der Waals surface area contributed by atoms with Crippen molar-refractivity contribution >= 4 is 11.5 Å². The van der Waals surface area contributed by atoms with Gasteiger partial charge in [-0.2, -0.15) is 13.2 Å². The van der Waals surface area contributed by atoms with Crippen molar-refractivity contribution < 1.29 is 22.0 Å². The van der Waals surface area contributed by atoms with Crippen LogP contribution in [0.5, 0.6) is 0 Å². The summed E-state index contributed by atoms with van der Waals surface area (Å²) in [7, 11) is 0. The normalized spacial score (nSPS) is 11.9. The van der Waals surface area contributed by atoms with Crippen LogP contribution >= 0.6 is 0 Å². The maximum Gasteiger partial charge on any atom is 0.434 e. The molecule has 0 spiro atoms. The van der Waals surface area contributed by atoms with Gasteiger partial charge in [-0.15, -0.1) is 0 Å². The summed E-state index contributed by atoms with van der Waals surface area (Å²) in [5.74, 6) is -1.53. The molecule has 0 bridgehead atoms. The summed E-state index contributed by atoms with van der Waals surface area (Å²) in [5.41, 5.74) is -1.40. The zero-order valence-electron chi connectivity index (χ0n) is 11.4. The van der Waals surface area contributed by atoms with Crippen molar-refractivity contribution in [1.82, 2.24) is 14.4 Å². The zero-order chi connectivity index (χ0) is 16.6. The number of benzene rings is 1. The molecule has 1 N–H and O–H groups in total. The SMILES string of the molecule is Fc1cccc(F)c1CNc1nccn2cc(C(F)(F)F)nc12. The maximum atomic E-state index is 13.6. The number of aromatic nitrogens is 3. The van der Waals surface area contributed by atoms with Gasteiger partial charge in [-0.25, -0.2) is 18.7 Å². The molecule has 9 heteroatoms. The Morgan fingerprint density at radius 2 is 1.83 bits per heavy atom. The lowest BCUT2D eigenvalue weighted by Gasteiger charge is -2.08. The molecular formula is C14H9F5N4. The molecule has 0 fully saturated rings. The molecule has 120 valence electrons. The number of anilines is 1. The second-order valence-electron chi connectivity index (χ2n) is 4.68. The zero-order valence-corrected chi connectivity index (χ0v) is 11.4. The van der Waals surface area contributed by atoms with Gasteiger partial charge < -0.3 is 9.72 Å². The van der Waals surface area contributed by atoms with Crippen LogP contribution in [0.3, 0.4) is 0 Å². The lowest BCUT2D eigenvalue weighted by Crippen LogP contribution is -2.07. The first-order valence-electron chi connectivity index (χ1n) is 6.44. The predicted octanol–water partition coefficient (Wildman–Crippen LogP) is 3.64. The molecule has 0 aliphatic carbocycles. The molecule has 23 heavy (non-hydrogen) atoms. The van der Waals surface area contributed by atoms with Crippen LogP contribution in [0.1, 0.15) is 11.3 Å². The van der Waals surface area contributed by atoms with Crippen molar-refractivity contribution in [1.29, 1.82) is 0 Å². The second-order valence-corrected chi connectivity index (χ2v) is 4.68. The van der Waals surface area contributed by atoms with E-state index in [0.717, 1.165) is 22.7 Å². The van der Waals surface area contributed by atoms with Crippen molar-refractivity contribution in [2.45, 2.75) is 12.7 Å². The van der Waals surface area contributed by atoms with E-state index >= 15 is 0 Å². The number of hydrogen-bond donors (Lipinski definition) is 1. The first kappa shape index (κ1) is 15.2. The Bertz CT molecular complexity index is 836. The Labute approximate surface area is 126 Å². The highest BCUT2D eigenvalue weighted by molar-refractivity contribution is 5.63. The van der Waals surface area contributed by atoms with Gasteiger partial charge in [0, 0.05) is 30.7 Å². The van der Waals surface area contributed by atoms with Crippen molar-refractivity contribution in [3.63, 3.8) is 0 Å². The fourth-order valence-corrected chi connectivity index (χ4v) is 2.05. The highest BCUT2D eigenvalue weighted by atomic mass is 19.4. The van der Waals surface area contributed by atoms with E-state index in [1.165, 1.54) is 18.5 Å². The van der Waals surface area contributed by atoms with E-state index < -0.39 is 23.5 Å². The van der Waals surface area contributed by atoms with Gasteiger partial charge >= 0.3 is 6.18 Å². The van der Waals surface area contributed by atoms with Gasteiger partial charge in [0.25, 0.3) is 0 Å². The number of rotatable bonds is 3. The topological polar surface area (TPSA) is 42.2 Å². The van der Waals surface area contributed by atoms with E-state index in [1.807, 2.05) is 0 Å². The van der Waals surface area contributed by atoms with Gasteiger partial charge in [0.1, 0.15) is 11.6 Å². The Morgan fingerprint density at radius 1 is 1.13 bits per heavy atom. The van der Waals surface area contributed by atoms with Gasteiger partial charge in [-0.3, -0.25) is 0 Å². The van der Waals surface area contributed by atoms with Crippen molar-refractivity contribution in [2.75, 3.05) is 5.32 Å². The highest BCUT2D eigenvalue weighted by Gasteiger charge is 2.34. The summed E-state index contributed by atoms with van der Waals surface area (Å²) in [6, 6.07) is 3.40. The lowest BCUT2D eigenvalue weighted by molar-refractivity contribution is -0.140. The minimum Gasteiger partial charge on any atom is -0.363 e. The van der Waals surface area contributed by atoms with Gasteiger partial charge in [-0.1, -0.05) is 6.07 Å². The molecule has 3 aromatic rings. The van der Waals surface area contributed by atoms with E-state index in [9.17, 15) is 22.0 Å². The third-order valence-electron chi connectivity index (χ3n) is 3.16. The maximum absolute atomic E-state index is 13.6. The van der Waals surface area contributed by atoms with Crippen molar-refractivity contribution in [3.8, 4) is 0 Å². The molecule has 0 aliphatic heterocycles. The molecule has 3 rings (SSSR count). The second kappa shape index (κ2) is 5.49. The van der Waals surface area contributed by atoms with E-state index in [4.69, 9.17) is 0 Å². The molecule has 0 amide bonds. The molecule has 0 saturated heterocycles. The average Bonchev–Trinajstić information content (AvgIpc) is 2.91. The summed E-state index contributed by atoms with van der Waals surface area (Å²) in [6.07, 6.45) is -1.23. The Hall–Kier alpha value is -2.71. The monoisotopic (exact) mass is 328 g/mol. The lowest BCUT2D eigenvalue weighted by atomic mass is 10.2. The molecular weight excluding hydrogens is 319 g/mol. The first-order valence-corrected chi connectivity index (χ1v) is 6.44. The predicted molar refractivity (Wildman–Crippen MR) is 71.7 cm³/mol. The molecule has 0 radical (unpaired) electrons. The van der Waals surface area contributed by atoms with E-state index in [2.05, 4.69) is 15.3 Å². The van der Waals surface area contributed by atoms with E-state index in [1.54, 1.807) is 0 Å². The van der Waals surface area contributed by atoms with Crippen LogP contribution in [-0.4, -0.2) is 14.4 Å². The minimum absolute atomic E-state index is 0.00865. The van der Waals surface area contributed by atoms with Crippen LogP contribution in [0.4, 0.5) is 27.8 Å². The molecule has 0 saturated carbocycles. The Morgan fingerprint density at radius 3 is 2.48 bits per heavy atom. The van der Waals surface area contributed by atoms with Crippen LogP contribution in [-0.2, 0) is 12.7 Å². The summed E-state index contributed by atoms with van der Waals surface area (Å²) in [6.45, 7) is -0.278. The number of nitrogens with zero attached hydrogens (tertiary/aromatic N) is 3. The Kier molecular flexibility index (Phi) is 3.63. The molecule has 4 nitrogen and oxygen atoms in total. The van der Waals surface area contributed by atoms with E-state index in [0.29, 0.717) is 0 Å². The fraction of sp³-hybridized carbons (Fsp3) is 0.143. The van der Waals surface area contributed by atoms with Gasteiger partial charge in [0.15, 0.2) is 17.2 Å². The number of hydrogen-bond acceptors (Lipinski definition) is 3. The van der Waals surface area contributed by atoms with Crippen LogP contribution in [0.15, 0.2) is 36.8 Å². The highest BCUT2D eigenvalue weighted by Crippen LogP contribution is 2.29. The van der Waals surface area contributed by atoms with Crippen molar-refractivity contribution in [2.24, 2.45) is 0 Å². The smallest absolute Gasteiger partial charge is 0.363 e. The quantitative estimate of drug-likeness (QED) is 0.747. The summed E-state index contributed by atoms with van der Waals surface area (Å²) in [4.78, 5) is 7.34.